The van der Waals surface area contributed by atoms with Crippen molar-refractivity contribution in [3.8, 4) is 22.5 Å². The van der Waals surface area contributed by atoms with Crippen molar-refractivity contribution in [3.05, 3.63) is 175 Å². The van der Waals surface area contributed by atoms with E-state index in [2.05, 4.69) is 101 Å². The van der Waals surface area contributed by atoms with Gasteiger partial charge in [0.15, 0.2) is 5.69 Å². The normalized spacial score (nSPS) is 10.8. The van der Waals surface area contributed by atoms with E-state index in [0.29, 0.717) is 5.69 Å². The third-order valence-electron chi connectivity index (χ3n) is 8.45. The molecule has 0 atom stereocenters. The van der Waals surface area contributed by atoms with Crippen LogP contribution in [-0.4, -0.2) is 9.97 Å². The van der Waals surface area contributed by atoms with Gasteiger partial charge in [0.1, 0.15) is 0 Å². The van der Waals surface area contributed by atoms with Crippen LogP contribution in [0.5, 0.6) is 0 Å². The number of rotatable bonds is 2. The number of pyridine rings is 2. The Balaban J connectivity index is 0.000000228. The monoisotopic (exact) mass is 776 g/mol. The summed E-state index contributed by atoms with van der Waals surface area (Å²) in [6.07, 6.45) is 3.69. The molecule has 7 aromatic carbocycles. The quantitative estimate of drug-likeness (QED) is 0.129. The van der Waals surface area contributed by atoms with E-state index in [1.807, 2.05) is 66.9 Å². The fourth-order valence-electron chi connectivity index (χ4n) is 6.24. The summed E-state index contributed by atoms with van der Waals surface area (Å²) in [6, 6.07) is 54.1. The molecule has 0 amide bonds. The Kier molecular flexibility index (Phi) is 8.25. The molecule has 0 spiro atoms. The van der Waals surface area contributed by atoms with E-state index in [0.717, 1.165) is 49.4 Å². The third kappa shape index (κ3) is 5.64. The molecule has 0 fully saturated rings. The number of benzene rings is 7. The minimum absolute atomic E-state index is 0. The third-order valence-corrected chi connectivity index (χ3v) is 8.45. The Morgan fingerprint density at radius 2 is 1.19 bits per heavy atom. The summed E-state index contributed by atoms with van der Waals surface area (Å²) in [6.45, 7) is 7.27. The van der Waals surface area contributed by atoms with Gasteiger partial charge >= 0.3 is 0 Å². The molecule has 9 rings (SSSR count). The van der Waals surface area contributed by atoms with Crippen molar-refractivity contribution in [1.82, 2.24) is 9.97 Å². The zero-order valence-corrected chi connectivity index (χ0v) is 27.5. The van der Waals surface area contributed by atoms with E-state index in [4.69, 9.17) is 11.6 Å². The van der Waals surface area contributed by atoms with E-state index in [9.17, 15) is 0 Å². The second-order valence-corrected chi connectivity index (χ2v) is 11.1. The van der Waals surface area contributed by atoms with E-state index >= 15 is 0 Å². The maximum Gasteiger partial charge on any atom is 0.187 e. The standard InChI is InChI=1S/C32H17N2.C11H8N.Ir/c1-33-24-10-13-27-22(19-24)7-6-21-18-23(9-11-26(21)27)32-31-15-14-28-25-5-3-2-4-20(25)8-12-29(28)30(31)16-17-34-32;1-2-6-10(7-3-1)11-8-4-5-9-12-11;/h2-8,10-19H;1-6,8-9H;/q2*-1;. The fraction of sp³-hybridized carbons (Fsp3) is 0. The molecule has 0 saturated heterocycles. The number of hydrogen-bond acceptors (Lipinski definition) is 2. The molecule has 2 aromatic heterocycles. The fourth-order valence-corrected chi connectivity index (χ4v) is 6.24. The predicted octanol–water partition coefficient (Wildman–Crippen LogP) is 11.4. The van der Waals surface area contributed by atoms with E-state index in [1.165, 1.54) is 26.9 Å². The molecule has 2 heterocycles. The summed E-state index contributed by atoms with van der Waals surface area (Å²) < 4.78 is 0. The molecule has 0 N–H and O–H groups in total. The summed E-state index contributed by atoms with van der Waals surface area (Å²) in [5, 5.41) is 11.8. The van der Waals surface area contributed by atoms with Crippen molar-refractivity contribution in [3.63, 3.8) is 0 Å². The topological polar surface area (TPSA) is 30.1 Å². The molecule has 0 bridgehead atoms. The number of hydrogen-bond donors (Lipinski definition) is 0. The van der Waals surface area contributed by atoms with Gasteiger partial charge in [0.05, 0.1) is 6.57 Å². The molecule has 3 nitrogen and oxygen atoms in total. The Labute approximate surface area is 286 Å². The van der Waals surface area contributed by atoms with Crippen molar-refractivity contribution >= 4 is 59.5 Å². The van der Waals surface area contributed by atoms with E-state index < -0.39 is 0 Å². The first-order chi connectivity index (χ1) is 22.8. The van der Waals surface area contributed by atoms with Crippen LogP contribution in [-0.2, 0) is 20.1 Å². The van der Waals surface area contributed by atoms with Crippen molar-refractivity contribution in [2.75, 3.05) is 0 Å². The van der Waals surface area contributed by atoms with Crippen molar-refractivity contribution in [2.45, 2.75) is 0 Å². The minimum atomic E-state index is 0. The van der Waals surface area contributed by atoms with Gasteiger partial charge < -0.3 is 9.97 Å². The summed E-state index contributed by atoms with van der Waals surface area (Å²) in [5.41, 5.74) is 4.59. The Hall–Kier alpha value is -5.72. The molecule has 47 heavy (non-hydrogen) atoms. The Morgan fingerprint density at radius 1 is 0.489 bits per heavy atom. The van der Waals surface area contributed by atoms with Crippen LogP contribution in [0.3, 0.4) is 0 Å². The van der Waals surface area contributed by atoms with Crippen LogP contribution < -0.4 is 0 Å². The zero-order chi connectivity index (χ0) is 30.9. The summed E-state index contributed by atoms with van der Waals surface area (Å²) in [5.74, 6) is 0. The average molecular weight is 776 g/mol. The molecular formula is C43H25IrN3-2. The minimum Gasteiger partial charge on any atom is -0.305 e. The zero-order valence-electron chi connectivity index (χ0n) is 25.1. The molecule has 4 heteroatoms. The molecule has 1 radical (unpaired) electrons. The maximum atomic E-state index is 7.27. The number of nitrogens with zero attached hydrogens (tertiary/aromatic N) is 3. The summed E-state index contributed by atoms with van der Waals surface area (Å²) in [4.78, 5) is 12.5. The van der Waals surface area contributed by atoms with Gasteiger partial charge in [0.25, 0.3) is 0 Å². The molecule has 223 valence electrons. The molecule has 0 saturated carbocycles. The van der Waals surface area contributed by atoms with Crippen molar-refractivity contribution in [2.24, 2.45) is 0 Å². The van der Waals surface area contributed by atoms with E-state index in [-0.39, 0.29) is 20.1 Å². The first kappa shape index (κ1) is 30.0. The van der Waals surface area contributed by atoms with Gasteiger partial charge in [-0.3, -0.25) is 0 Å². The number of aromatic nitrogens is 2. The molecule has 0 aliphatic carbocycles. The average Bonchev–Trinajstić information content (AvgIpc) is 3.14. The van der Waals surface area contributed by atoms with Crippen molar-refractivity contribution in [1.29, 1.82) is 0 Å². The summed E-state index contributed by atoms with van der Waals surface area (Å²) in [7, 11) is 0. The van der Waals surface area contributed by atoms with Crippen LogP contribution in [0.15, 0.2) is 152 Å². The van der Waals surface area contributed by atoms with Gasteiger partial charge in [0, 0.05) is 32.5 Å². The van der Waals surface area contributed by atoms with Gasteiger partial charge in [-0.25, -0.2) is 4.85 Å². The smallest absolute Gasteiger partial charge is 0.187 e. The first-order valence-electron chi connectivity index (χ1n) is 15.1. The Morgan fingerprint density at radius 3 is 2.02 bits per heavy atom. The van der Waals surface area contributed by atoms with Crippen molar-refractivity contribution < 1.29 is 20.1 Å². The van der Waals surface area contributed by atoms with Gasteiger partial charge in [-0.2, -0.15) is 0 Å². The maximum absolute atomic E-state index is 7.27. The summed E-state index contributed by atoms with van der Waals surface area (Å²) >= 11 is 0. The largest absolute Gasteiger partial charge is 0.305 e. The molecular weight excluding hydrogens is 751 g/mol. The van der Waals surface area contributed by atoms with Crippen LogP contribution in [0.4, 0.5) is 5.69 Å². The second-order valence-electron chi connectivity index (χ2n) is 11.1. The van der Waals surface area contributed by atoms with E-state index in [1.54, 1.807) is 6.20 Å². The predicted molar refractivity (Wildman–Crippen MR) is 191 cm³/mol. The number of fused-ring (bicyclic) bond motifs is 8. The second kappa shape index (κ2) is 12.9. The van der Waals surface area contributed by atoms with Crippen LogP contribution in [0.2, 0.25) is 0 Å². The van der Waals surface area contributed by atoms with Gasteiger partial charge in [0.2, 0.25) is 0 Å². The van der Waals surface area contributed by atoms with Crippen LogP contribution in [0.1, 0.15) is 0 Å². The Bertz CT molecular complexity index is 2550. The molecule has 0 unspecified atom stereocenters. The van der Waals surface area contributed by atoms with Gasteiger partial charge in [-0.15, -0.1) is 65.0 Å². The van der Waals surface area contributed by atoms with Crippen LogP contribution >= 0.6 is 0 Å². The molecule has 0 aliphatic rings. The van der Waals surface area contributed by atoms with Crippen LogP contribution in [0.25, 0.3) is 81.2 Å². The SMILES string of the molecule is [C-]#[N+]c1ccc2c(ccc3cc(-c4nccc5c4ccc4c6ccccc6ccc54)[c-]cc32)c1.[Ir].[c-]1ccccc1-c1ccccn1. The van der Waals surface area contributed by atoms with Gasteiger partial charge in [-0.1, -0.05) is 95.7 Å². The molecule has 9 aromatic rings. The first-order valence-corrected chi connectivity index (χ1v) is 15.1. The molecule has 0 aliphatic heterocycles. The van der Waals surface area contributed by atoms with Crippen LogP contribution in [0, 0.1) is 18.7 Å². The van der Waals surface area contributed by atoms with Gasteiger partial charge in [-0.05, 0) is 67.3 Å².